The van der Waals surface area contributed by atoms with Crippen LogP contribution in [0.3, 0.4) is 0 Å². The summed E-state index contributed by atoms with van der Waals surface area (Å²) in [6.45, 7) is 3.26. The molecule has 0 aliphatic rings. The zero-order valence-electron chi connectivity index (χ0n) is 16.6. The summed E-state index contributed by atoms with van der Waals surface area (Å²) in [6, 6.07) is 12.0. The Morgan fingerprint density at radius 2 is 1.53 bits per heavy atom. The van der Waals surface area contributed by atoms with Gasteiger partial charge in [0, 0.05) is 12.1 Å². The maximum Gasteiger partial charge on any atom is 0.306 e. The van der Waals surface area contributed by atoms with Crippen molar-refractivity contribution in [2.75, 3.05) is 11.9 Å². The number of carbonyl (C=O) groups is 4. The molecule has 0 heterocycles. The fourth-order valence-electron chi connectivity index (χ4n) is 2.52. The molecule has 0 radical (unpaired) electrons. The van der Waals surface area contributed by atoms with Crippen LogP contribution in [0.25, 0.3) is 0 Å². The number of carbonyl (C=O) groups excluding carboxylic acids is 4. The summed E-state index contributed by atoms with van der Waals surface area (Å²) < 4.78 is 4.88. The second-order valence-corrected chi connectivity index (χ2v) is 6.87. The monoisotopic (exact) mass is 431 g/mol. The van der Waals surface area contributed by atoms with E-state index in [1.165, 1.54) is 6.07 Å². The maximum absolute atomic E-state index is 12.0. The van der Waals surface area contributed by atoms with Crippen molar-refractivity contribution in [1.29, 1.82) is 0 Å². The van der Waals surface area contributed by atoms with Gasteiger partial charge in [-0.3, -0.25) is 30.0 Å². The second kappa shape index (κ2) is 11.0. The van der Waals surface area contributed by atoms with E-state index < -0.39 is 30.3 Å². The van der Waals surface area contributed by atoms with Gasteiger partial charge >= 0.3 is 5.97 Å². The summed E-state index contributed by atoms with van der Waals surface area (Å²) in [4.78, 5) is 47.4. The normalized spacial score (nSPS) is 10.1. The predicted octanol–water partition coefficient (Wildman–Crippen LogP) is 2.68. The Morgan fingerprint density at radius 1 is 0.867 bits per heavy atom. The number of aryl methyl sites for hydroxylation is 2. The summed E-state index contributed by atoms with van der Waals surface area (Å²) in [5.41, 5.74) is 7.06. The first-order valence-corrected chi connectivity index (χ1v) is 9.51. The molecule has 0 spiro atoms. The van der Waals surface area contributed by atoms with Gasteiger partial charge in [-0.15, -0.1) is 0 Å². The minimum Gasteiger partial charge on any atom is -0.456 e. The third kappa shape index (κ3) is 6.89. The number of benzene rings is 2. The molecule has 0 unspecified atom stereocenters. The van der Waals surface area contributed by atoms with Crippen molar-refractivity contribution in [2.24, 2.45) is 0 Å². The van der Waals surface area contributed by atoms with E-state index in [9.17, 15) is 19.2 Å². The number of hydrogen-bond acceptors (Lipinski definition) is 5. The molecule has 3 N–H and O–H groups in total. The van der Waals surface area contributed by atoms with Crippen LogP contribution in [-0.4, -0.2) is 30.3 Å². The van der Waals surface area contributed by atoms with Crippen molar-refractivity contribution in [2.45, 2.75) is 26.7 Å². The van der Waals surface area contributed by atoms with Gasteiger partial charge in [-0.25, -0.2) is 0 Å². The molecule has 0 aliphatic carbocycles. The van der Waals surface area contributed by atoms with Gasteiger partial charge in [-0.05, 0) is 37.1 Å². The molecule has 2 aromatic carbocycles. The van der Waals surface area contributed by atoms with Gasteiger partial charge in [0.25, 0.3) is 11.8 Å². The third-order valence-corrected chi connectivity index (χ3v) is 4.43. The van der Waals surface area contributed by atoms with Crippen LogP contribution >= 0.6 is 11.6 Å². The van der Waals surface area contributed by atoms with Gasteiger partial charge < -0.3 is 10.1 Å². The predicted molar refractivity (Wildman–Crippen MR) is 112 cm³/mol. The highest BCUT2D eigenvalue weighted by atomic mass is 35.5. The number of nitrogens with one attached hydrogen (secondary N) is 3. The van der Waals surface area contributed by atoms with Crippen LogP contribution < -0.4 is 16.2 Å². The summed E-state index contributed by atoms with van der Waals surface area (Å²) >= 11 is 5.90. The first-order chi connectivity index (χ1) is 14.3. The fourth-order valence-corrected chi connectivity index (χ4v) is 2.74. The van der Waals surface area contributed by atoms with Crippen LogP contribution in [0.5, 0.6) is 0 Å². The number of hydrazine groups is 1. The first-order valence-electron chi connectivity index (χ1n) is 9.13. The van der Waals surface area contributed by atoms with Crippen LogP contribution in [0.1, 0.15) is 34.3 Å². The van der Waals surface area contributed by atoms with Gasteiger partial charge in [-0.1, -0.05) is 41.9 Å². The summed E-state index contributed by atoms with van der Waals surface area (Å²) in [6.07, 6.45) is -0.468. The Bertz CT molecular complexity index is 941. The van der Waals surface area contributed by atoms with Crippen LogP contribution in [0.2, 0.25) is 5.02 Å². The van der Waals surface area contributed by atoms with Crippen LogP contribution in [0.15, 0.2) is 42.5 Å². The van der Waals surface area contributed by atoms with Gasteiger partial charge in [0.1, 0.15) is 0 Å². The molecule has 0 aliphatic heterocycles. The molecule has 2 rings (SSSR count). The van der Waals surface area contributed by atoms with Crippen LogP contribution in [0.4, 0.5) is 5.69 Å². The summed E-state index contributed by atoms with van der Waals surface area (Å²) in [7, 11) is 0. The molecule has 0 fully saturated rings. The summed E-state index contributed by atoms with van der Waals surface area (Å²) in [5.74, 6) is -2.36. The minimum atomic E-state index is -0.709. The highest BCUT2D eigenvalue weighted by Crippen LogP contribution is 2.19. The van der Waals surface area contributed by atoms with Crippen molar-refractivity contribution >= 4 is 41.0 Å². The molecule has 0 saturated heterocycles. The minimum absolute atomic E-state index is 0.203. The van der Waals surface area contributed by atoms with Gasteiger partial charge in [0.15, 0.2) is 6.61 Å². The number of hydrogen-bond donors (Lipinski definition) is 3. The smallest absolute Gasteiger partial charge is 0.306 e. The standard InChI is InChI=1S/C21H22ClN3O5/c1-13-6-5-7-14(2)20(13)23-18(27)12-30-19(28)11-10-17(26)24-25-21(29)15-8-3-4-9-16(15)22/h3-9H,10-12H2,1-2H3,(H,23,27)(H,24,26)(H,25,29). The quantitative estimate of drug-likeness (QED) is 0.460. The number of ether oxygens (including phenoxy) is 1. The molecule has 0 atom stereocenters. The van der Waals surface area contributed by atoms with Crippen molar-refractivity contribution in [1.82, 2.24) is 10.9 Å². The van der Waals surface area contributed by atoms with E-state index in [1.807, 2.05) is 32.0 Å². The largest absolute Gasteiger partial charge is 0.456 e. The fraction of sp³-hybridized carbons (Fsp3) is 0.238. The average Bonchev–Trinajstić information content (AvgIpc) is 2.72. The lowest BCUT2D eigenvalue weighted by Gasteiger charge is -2.11. The maximum atomic E-state index is 12.0. The van der Waals surface area contributed by atoms with Crippen molar-refractivity contribution < 1.29 is 23.9 Å². The van der Waals surface area contributed by atoms with Gasteiger partial charge in [0.05, 0.1) is 17.0 Å². The first kappa shape index (κ1) is 22.9. The highest BCUT2D eigenvalue weighted by molar-refractivity contribution is 6.33. The molecule has 30 heavy (non-hydrogen) atoms. The molecule has 0 saturated carbocycles. The Labute approximate surface area is 178 Å². The Morgan fingerprint density at radius 3 is 2.20 bits per heavy atom. The Hall–Kier alpha value is -3.39. The second-order valence-electron chi connectivity index (χ2n) is 6.46. The van der Waals surface area contributed by atoms with E-state index in [2.05, 4.69) is 16.2 Å². The molecule has 8 nitrogen and oxygen atoms in total. The lowest BCUT2D eigenvalue weighted by atomic mass is 10.1. The molecule has 2 aromatic rings. The number of amides is 3. The molecule has 158 valence electrons. The van der Waals surface area contributed by atoms with E-state index in [0.717, 1.165) is 11.1 Å². The van der Waals surface area contributed by atoms with Crippen molar-refractivity contribution in [3.8, 4) is 0 Å². The topological polar surface area (TPSA) is 114 Å². The van der Waals surface area contributed by atoms with Crippen molar-refractivity contribution in [3.05, 3.63) is 64.2 Å². The van der Waals surface area contributed by atoms with E-state index in [4.69, 9.17) is 16.3 Å². The third-order valence-electron chi connectivity index (χ3n) is 4.10. The van der Waals surface area contributed by atoms with Gasteiger partial charge in [-0.2, -0.15) is 0 Å². The Balaban J connectivity index is 1.69. The van der Waals surface area contributed by atoms with E-state index in [0.29, 0.717) is 5.69 Å². The average molecular weight is 432 g/mol. The van der Waals surface area contributed by atoms with Crippen molar-refractivity contribution in [3.63, 3.8) is 0 Å². The lowest BCUT2D eigenvalue weighted by Crippen LogP contribution is -2.41. The summed E-state index contributed by atoms with van der Waals surface area (Å²) in [5, 5.41) is 2.94. The van der Waals surface area contributed by atoms with Crippen LogP contribution in [0, 0.1) is 13.8 Å². The van der Waals surface area contributed by atoms with Gasteiger partial charge in [0.2, 0.25) is 5.91 Å². The number of para-hydroxylation sites is 1. The van der Waals surface area contributed by atoms with E-state index >= 15 is 0 Å². The number of anilines is 1. The number of rotatable bonds is 7. The molecule has 3 amide bonds. The van der Waals surface area contributed by atoms with E-state index in [1.54, 1.807) is 18.2 Å². The number of halogens is 1. The Kier molecular flexibility index (Phi) is 8.37. The highest BCUT2D eigenvalue weighted by Gasteiger charge is 2.14. The van der Waals surface area contributed by atoms with Crippen LogP contribution in [-0.2, 0) is 19.1 Å². The molecule has 9 heteroatoms. The molecule has 0 bridgehead atoms. The number of esters is 1. The van der Waals surface area contributed by atoms with E-state index in [-0.39, 0.29) is 23.4 Å². The SMILES string of the molecule is Cc1cccc(C)c1NC(=O)COC(=O)CCC(=O)NNC(=O)c1ccccc1Cl. The molecule has 0 aromatic heterocycles. The lowest BCUT2D eigenvalue weighted by molar-refractivity contribution is -0.148. The molecular weight excluding hydrogens is 410 g/mol. The molecular formula is C21H22ClN3O5. The zero-order valence-corrected chi connectivity index (χ0v) is 17.3. The zero-order chi connectivity index (χ0) is 22.1.